The van der Waals surface area contributed by atoms with Crippen molar-refractivity contribution in [1.29, 1.82) is 0 Å². The highest BCUT2D eigenvalue weighted by Gasteiger charge is 2.33. The molecular weight excluding hydrogens is 256 g/mol. The monoisotopic (exact) mass is 277 g/mol. The van der Waals surface area contributed by atoms with E-state index in [-0.39, 0.29) is 12.8 Å². The molecule has 1 heterocycles. The van der Waals surface area contributed by atoms with Crippen molar-refractivity contribution in [3.8, 4) is 0 Å². The van der Waals surface area contributed by atoms with Gasteiger partial charge in [0.15, 0.2) is 0 Å². The van der Waals surface area contributed by atoms with Crippen LogP contribution in [0.4, 0.5) is 8.78 Å². The van der Waals surface area contributed by atoms with Crippen molar-refractivity contribution >= 4 is 11.6 Å². The van der Waals surface area contributed by atoms with Gasteiger partial charge in [0, 0.05) is 37.5 Å². The minimum absolute atomic E-state index is 0.0147. The van der Waals surface area contributed by atoms with Crippen molar-refractivity contribution in [3.63, 3.8) is 0 Å². The first-order chi connectivity index (χ1) is 8.44. The van der Waals surface area contributed by atoms with Gasteiger partial charge in [0.2, 0.25) is 0 Å². The van der Waals surface area contributed by atoms with Crippen molar-refractivity contribution in [1.82, 2.24) is 4.90 Å². The lowest BCUT2D eigenvalue weighted by Crippen LogP contribution is -2.39. The molecule has 1 aliphatic rings. The number of allylic oxidation sites excluding steroid dienone is 3. The van der Waals surface area contributed by atoms with Gasteiger partial charge in [-0.25, -0.2) is 8.78 Å². The average Bonchev–Trinajstić information content (AvgIpc) is 2.34. The first-order valence-corrected chi connectivity index (χ1v) is 6.94. The predicted octanol–water partition coefficient (Wildman–Crippen LogP) is 4.59. The molecule has 0 N–H and O–H groups in total. The number of hydrogen-bond acceptors (Lipinski definition) is 1. The summed E-state index contributed by atoms with van der Waals surface area (Å²) >= 11 is 6.13. The standard InChI is InChI=1S/C14H22ClF2N/c1-3-4-5-13(15)12(2)6-9-18-10-7-14(16,17)8-11-18/h4-5H,3,6-11H2,1-2H3/b5-4-,13-12-. The minimum atomic E-state index is -2.46. The Morgan fingerprint density at radius 1 is 1.33 bits per heavy atom. The molecule has 0 atom stereocenters. The molecule has 0 aromatic rings. The summed E-state index contributed by atoms with van der Waals surface area (Å²) in [6.45, 7) is 5.86. The summed E-state index contributed by atoms with van der Waals surface area (Å²) in [7, 11) is 0. The number of halogens is 3. The van der Waals surface area contributed by atoms with Gasteiger partial charge in [-0.3, -0.25) is 0 Å². The van der Waals surface area contributed by atoms with Crippen molar-refractivity contribution in [2.24, 2.45) is 0 Å². The quantitative estimate of drug-likeness (QED) is 0.665. The lowest BCUT2D eigenvalue weighted by Gasteiger charge is -2.31. The Morgan fingerprint density at radius 3 is 2.50 bits per heavy atom. The van der Waals surface area contributed by atoms with Crippen molar-refractivity contribution in [3.05, 3.63) is 22.8 Å². The molecule has 0 aliphatic carbocycles. The van der Waals surface area contributed by atoms with Crippen LogP contribution in [0.5, 0.6) is 0 Å². The van der Waals surface area contributed by atoms with Gasteiger partial charge in [-0.2, -0.15) is 0 Å². The molecule has 1 rings (SSSR count). The Bertz CT molecular complexity index is 314. The molecule has 0 aromatic carbocycles. The molecule has 0 saturated carbocycles. The minimum Gasteiger partial charge on any atom is -0.303 e. The molecule has 1 aliphatic heterocycles. The smallest absolute Gasteiger partial charge is 0.250 e. The molecule has 0 bridgehead atoms. The summed E-state index contributed by atoms with van der Waals surface area (Å²) in [5.41, 5.74) is 1.12. The van der Waals surface area contributed by atoms with Crippen LogP contribution in [0.1, 0.15) is 39.5 Å². The normalized spacial score (nSPS) is 22.3. The van der Waals surface area contributed by atoms with Crippen LogP contribution < -0.4 is 0 Å². The number of likely N-dealkylation sites (tertiary alicyclic amines) is 1. The van der Waals surface area contributed by atoms with Crippen molar-refractivity contribution < 1.29 is 8.78 Å². The predicted molar refractivity (Wildman–Crippen MR) is 73.2 cm³/mol. The zero-order valence-electron chi connectivity index (χ0n) is 11.2. The number of alkyl halides is 2. The maximum Gasteiger partial charge on any atom is 0.250 e. The van der Waals surface area contributed by atoms with Gasteiger partial charge in [0.05, 0.1) is 0 Å². The van der Waals surface area contributed by atoms with Gasteiger partial charge in [0.1, 0.15) is 0 Å². The lowest BCUT2D eigenvalue weighted by molar-refractivity contribution is -0.0547. The van der Waals surface area contributed by atoms with E-state index in [1.807, 2.05) is 19.1 Å². The molecule has 1 saturated heterocycles. The fourth-order valence-electron chi connectivity index (χ4n) is 1.91. The largest absolute Gasteiger partial charge is 0.303 e. The summed E-state index contributed by atoms with van der Waals surface area (Å²) < 4.78 is 26.0. The van der Waals surface area contributed by atoms with Crippen LogP contribution in [0.15, 0.2) is 22.8 Å². The fraction of sp³-hybridized carbons (Fsp3) is 0.714. The third kappa shape index (κ3) is 5.49. The Balaban J connectivity index is 2.35. The second kappa shape index (κ2) is 7.25. The summed E-state index contributed by atoms with van der Waals surface area (Å²) in [5.74, 6) is -2.46. The van der Waals surface area contributed by atoms with Crippen LogP contribution in [0.3, 0.4) is 0 Å². The first kappa shape index (κ1) is 15.6. The SMILES string of the molecule is CC/C=C\C(Cl)=C(/C)CCN1CCC(F)(F)CC1. The molecule has 0 amide bonds. The van der Waals surface area contributed by atoms with Crippen molar-refractivity contribution in [2.45, 2.75) is 45.5 Å². The summed E-state index contributed by atoms with van der Waals surface area (Å²) in [5, 5.41) is 0.777. The summed E-state index contributed by atoms with van der Waals surface area (Å²) in [4.78, 5) is 2.09. The Hall–Kier alpha value is -0.410. The van der Waals surface area contributed by atoms with Gasteiger partial charge in [-0.05, 0) is 25.8 Å². The van der Waals surface area contributed by atoms with Gasteiger partial charge < -0.3 is 4.90 Å². The highest BCUT2D eigenvalue weighted by molar-refractivity contribution is 6.31. The third-order valence-electron chi connectivity index (χ3n) is 3.30. The topological polar surface area (TPSA) is 3.24 Å². The Morgan fingerprint density at radius 2 is 1.94 bits per heavy atom. The van der Waals surface area contributed by atoms with Crippen LogP contribution in [0.2, 0.25) is 0 Å². The van der Waals surface area contributed by atoms with Crippen LogP contribution in [0, 0.1) is 0 Å². The lowest BCUT2D eigenvalue weighted by atomic mass is 10.1. The molecule has 18 heavy (non-hydrogen) atoms. The van der Waals surface area contributed by atoms with E-state index in [0.29, 0.717) is 13.1 Å². The third-order valence-corrected chi connectivity index (χ3v) is 3.75. The molecule has 0 unspecified atom stereocenters. The van der Waals surface area contributed by atoms with E-state index < -0.39 is 5.92 Å². The first-order valence-electron chi connectivity index (χ1n) is 6.56. The number of nitrogens with zero attached hydrogens (tertiary/aromatic N) is 1. The number of hydrogen-bond donors (Lipinski definition) is 0. The molecule has 0 radical (unpaired) electrons. The van der Waals surface area contributed by atoms with E-state index in [1.54, 1.807) is 0 Å². The second-order valence-electron chi connectivity index (χ2n) is 4.89. The van der Waals surface area contributed by atoms with E-state index in [0.717, 1.165) is 30.0 Å². The van der Waals surface area contributed by atoms with E-state index in [9.17, 15) is 8.78 Å². The van der Waals surface area contributed by atoms with Gasteiger partial charge in [-0.1, -0.05) is 30.2 Å². The van der Waals surface area contributed by atoms with E-state index >= 15 is 0 Å². The highest BCUT2D eigenvalue weighted by Crippen LogP contribution is 2.28. The Kier molecular flexibility index (Phi) is 6.30. The van der Waals surface area contributed by atoms with Crippen LogP contribution in [-0.2, 0) is 0 Å². The number of piperidine rings is 1. The molecule has 104 valence electrons. The second-order valence-corrected chi connectivity index (χ2v) is 5.29. The maximum atomic E-state index is 13.0. The summed E-state index contributed by atoms with van der Waals surface area (Å²) in [6, 6.07) is 0. The molecule has 0 aromatic heterocycles. The van der Waals surface area contributed by atoms with Gasteiger partial charge >= 0.3 is 0 Å². The molecule has 1 fully saturated rings. The van der Waals surface area contributed by atoms with Gasteiger partial charge in [-0.15, -0.1) is 0 Å². The Labute approximate surface area is 113 Å². The molecule has 1 nitrogen and oxygen atoms in total. The van der Waals surface area contributed by atoms with Gasteiger partial charge in [0.25, 0.3) is 5.92 Å². The average molecular weight is 278 g/mol. The fourth-order valence-corrected chi connectivity index (χ4v) is 2.10. The van der Waals surface area contributed by atoms with Crippen LogP contribution in [-0.4, -0.2) is 30.5 Å². The van der Waals surface area contributed by atoms with Crippen molar-refractivity contribution in [2.75, 3.05) is 19.6 Å². The van der Waals surface area contributed by atoms with Crippen LogP contribution in [0.25, 0.3) is 0 Å². The number of rotatable bonds is 5. The maximum absolute atomic E-state index is 13.0. The van der Waals surface area contributed by atoms with E-state index in [1.165, 1.54) is 0 Å². The molecular formula is C14H22ClF2N. The molecule has 4 heteroatoms. The zero-order chi connectivity index (χ0) is 13.6. The molecule has 0 spiro atoms. The highest BCUT2D eigenvalue weighted by atomic mass is 35.5. The zero-order valence-corrected chi connectivity index (χ0v) is 11.9. The van der Waals surface area contributed by atoms with E-state index in [4.69, 9.17) is 11.6 Å². The van der Waals surface area contributed by atoms with Crippen LogP contribution >= 0.6 is 11.6 Å². The summed E-state index contributed by atoms with van der Waals surface area (Å²) in [6.07, 6.45) is 5.72. The van der Waals surface area contributed by atoms with E-state index in [2.05, 4.69) is 11.8 Å².